The summed E-state index contributed by atoms with van der Waals surface area (Å²) in [5.74, 6) is 0.857. The number of hydrogen-bond donors (Lipinski definition) is 3. The Balaban J connectivity index is 1.52. The Hall–Kier alpha value is -3.67. The van der Waals surface area contributed by atoms with Crippen LogP contribution in [0.2, 0.25) is 0 Å². The Bertz CT molecular complexity index is 1260. The van der Waals surface area contributed by atoms with Crippen LogP contribution in [0, 0.1) is 0 Å². The lowest BCUT2D eigenvalue weighted by Gasteiger charge is -2.12. The van der Waals surface area contributed by atoms with Gasteiger partial charge in [-0.05, 0) is 91.9 Å². The highest BCUT2D eigenvalue weighted by Crippen LogP contribution is 2.20. The van der Waals surface area contributed by atoms with Crippen molar-refractivity contribution in [1.29, 1.82) is 0 Å². The molecule has 0 saturated heterocycles. The van der Waals surface area contributed by atoms with Gasteiger partial charge < -0.3 is 19.5 Å². The van der Waals surface area contributed by atoms with Crippen LogP contribution >= 0.6 is 12.2 Å². The summed E-state index contributed by atoms with van der Waals surface area (Å²) in [5.41, 5.74) is 1.33. The fourth-order valence-corrected chi connectivity index (χ4v) is 4.26. The minimum absolute atomic E-state index is 0.0717. The Labute approximate surface area is 215 Å². The van der Waals surface area contributed by atoms with Crippen molar-refractivity contribution in [2.45, 2.75) is 11.8 Å². The SMILES string of the molecule is CCOCCOc1ccc(C(=O)NC(=S)Nc2ccc(S(=O)(=O)Nc3ccc(OC)cc3)cc2)cc1. The maximum absolute atomic E-state index is 12.6. The lowest BCUT2D eigenvalue weighted by atomic mass is 10.2. The van der Waals surface area contributed by atoms with Crippen molar-refractivity contribution < 1.29 is 27.4 Å². The molecule has 0 radical (unpaired) electrons. The molecule has 0 aliphatic rings. The standard InChI is InChI=1S/C25H27N3O6S2/c1-3-33-16-17-34-22-10-4-18(5-11-22)24(29)27-25(35)26-19-8-14-23(15-9-19)36(30,31)28-20-6-12-21(32-2)13-7-20/h4-15,28H,3,16-17H2,1-2H3,(H2,26,27,29,35). The van der Waals surface area contributed by atoms with Crippen LogP contribution in [0.3, 0.4) is 0 Å². The molecule has 0 fully saturated rings. The van der Waals surface area contributed by atoms with Gasteiger partial charge in [-0.1, -0.05) is 0 Å². The summed E-state index contributed by atoms with van der Waals surface area (Å²) in [7, 11) is -2.25. The number of hydrogen-bond acceptors (Lipinski definition) is 7. The zero-order chi connectivity index (χ0) is 26.0. The highest BCUT2D eigenvalue weighted by Gasteiger charge is 2.15. The first-order valence-corrected chi connectivity index (χ1v) is 12.9. The van der Waals surface area contributed by atoms with Crippen LogP contribution in [0.1, 0.15) is 17.3 Å². The molecular formula is C25H27N3O6S2. The van der Waals surface area contributed by atoms with Crippen LogP contribution in [0.25, 0.3) is 0 Å². The number of thiocarbonyl (C=S) groups is 1. The number of benzene rings is 3. The number of amides is 1. The average molecular weight is 530 g/mol. The summed E-state index contributed by atoms with van der Waals surface area (Å²) in [4.78, 5) is 12.5. The van der Waals surface area contributed by atoms with Gasteiger partial charge in [0.05, 0.1) is 18.6 Å². The quantitative estimate of drug-likeness (QED) is 0.252. The number of carbonyl (C=O) groups excluding carboxylic acids is 1. The second-order valence-electron chi connectivity index (χ2n) is 7.34. The van der Waals surface area contributed by atoms with Gasteiger partial charge in [-0.15, -0.1) is 0 Å². The van der Waals surface area contributed by atoms with E-state index in [1.807, 2.05) is 6.92 Å². The predicted molar refractivity (Wildman–Crippen MR) is 142 cm³/mol. The number of rotatable bonds is 11. The summed E-state index contributed by atoms with van der Waals surface area (Å²) < 4.78 is 43.6. The summed E-state index contributed by atoms with van der Waals surface area (Å²) in [5, 5.41) is 5.53. The Kier molecular flexibility index (Phi) is 9.62. The minimum atomic E-state index is -3.78. The third kappa shape index (κ3) is 7.94. The van der Waals surface area contributed by atoms with E-state index in [1.54, 1.807) is 60.7 Å². The van der Waals surface area contributed by atoms with Gasteiger partial charge in [0, 0.05) is 23.5 Å². The van der Waals surface area contributed by atoms with Crippen LogP contribution in [0.5, 0.6) is 11.5 Å². The number of carbonyl (C=O) groups is 1. The first-order chi connectivity index (χ1) is 17.3. The van der Waals surface area contributed by atoms with E-state index in [4.69, 9.17) is 26.4 Å². The van der Waals surface area contributed by atoms with E-state index in [0.717, 1.165) is 0 Å². The zero-order valence-corrected chi connectivity index (χ0v) is 21.4. The molecule has 190 valence electrons. The first-order valence-electron chi connectivity index (χ1n) is 11.0. The third-order valence-corrected chi connectivity index (χ3v) is 6.41. The van der Waals surface area contributed by atoms with E-state index < -0.39 is 15.9 Å². The van der Waals surface area contributed by atoms with Gasteiger partial charge in [0.25, 0.3) is 15.9 Å². The normalized spacial score (nSPS) is 10.8. The smallest absolute Gasteiger partial charge is 0.261 e. The fraction of sp³-hybridized carbons (Fsp3) is 0.200. The van der Waals surface area contributed by atoms with Gasteiger partial charge in [0.2, 0.25) is 0 Å². The van der Waals surface area contributed by atoms with Crippen molar-refractivity contribution in [3.8, 4) is 11.5 Å². The molecule has 0 heterocycles. The molecule has 3 N–H and O–H groups in total. The molecule has 0 aromatic heterocycles. The molecular weight excluding hydrogens is 502 g/mol. The largest absolute Gasteiger partial charge is 0.497 e. The van der Waals surface area contributed by atoms with Crippen molar-refractivity contribution >= 4 is 44.6 Å². The van der Waals surface area contributed by atoms with Gasteiger partial charge in [-0.25, -0.2) is 8.42 Å². The van der Waals surface area contributed by atoms with Crippen molar-refractivity contribution in [3.05, 3.63) is 78.4 Å². The molecule has 36 heavy (non-hydrogen) atoms. The molecule has 0 aliphatic heterocycles. The highest BCUT2D eigenvalue weighted by atomic mass is 32.2. The summed E-state index contributed by atoms with van der Waals surface area (Å²) in [6, 6.07) is 19.1. The van der Waals surface area contributed by atoms with Gasteiger partial charge in [-0.2, -0.15) is 0 Å². The molecule has 3 rings (SSSR count). The monoisotopic (exact) mass is 529 g/mol. The maximum atomic E-state index is 12.6. The van der Waals surface area contributed by atoms with Crippen LogP contribution in [0.4, 0.5) is 11.4 Å². The van der Waals surface area contributed by atoms with Crippen LogP contribution < -0.4 is 24.8 Å². The van der Waals surface area contributed by atoms with Gasteiger partial charge >= 0.3 is 0 Å². The number of anilines is 2. The van der Waals surface area contributed by atoms with E-state index in [0.29, 0.717) is 48.3 Å². The maximum Gasteiger partial charge on any atom is 0.261 e. The molecule has 9 nitrogen and oxygen atoms in total. The summed E-state index contributed by atoms with van der Waals surface area (Å²) >= 11 is 5.21. The molecule has 0 bridgehead atoms. The fourth-order valence-electron chi connectivity index (χ4n) is 2.99. The Morgan fingerprint density at radius 2 is 1.47 bits per heavy atom. The van der Waals surface area contributed by atoms with E-state index in [2.05, 4.69) is 15.4 Å². The van der Waals surface area contributed by atoms with E-state index in [9.17, 15) is 13.2 Å². The number of ether oxygens (including phenoxy) is 3. The first kappa shape index (κ1) is 26.9. The van der Waals surface area contributed by atoms with Crippen LogP contribution in [-0.4, -0.2) is 46.4 Å². The molecule has 3 aromatic rings. The van der Waals surface area contributed by atoms with Gasteiger partial charge in [0.1, 0.15) is 18.1 Å². The molecule has 0 spiro atoms. The van der Waals surface area contributed by atoms with E-state index >= 15 is 0 Å². The van der Waals surface area contributed by atoms with Crippen molar-refractivity contribution in [2.75, 3.05) is 37.0 Å². The molecule has 0 unspecified atom stereocenters. The summed E-state index contributed by atoms with van der Waals surface area (Å²) in [6.45, 7) is 3.45. The van der Waals surface area contributed by atoms with E-state index in [1.165, 1.54) is 19.2 Å². The van der Waals surface area contributed by atoms with E-state index in [-0.39, 0.29) is 10.0 Å². The predicted octanol–water partition coefficient (Wildman–Crippen LogP) is 4.04. The van der Waals surface area contributed by atoms with Crippen molar-refractivity contribution in [3.63, 3.8) is 0 Å². The molecule has 3 aromatic carbocycles. The lowest BCUT2D eigenvalue weighted by Crippen LogP contribution is -2.34. The van der Waals surface area contributed by atoms with Crippen molar-refractivity contribution in [1.82, 2.24) is 5.32 Å². The zero-order valence-electron chi connectivity index (χ0n) is 19.8. The average Bonchev–Trinajstić information content (AvgIpc) is 2.87. The van der Waals surface area contributed by atoms with Gasteiger partial charge in [0.15, 0.2) is 5.11 Å². The van der Waals surface area contributed by atoms with Crippen molar-refractivity contribution in [2.24, 2.45) is 0 Å². The lowest BCUT2D eigenvalue weighted by molar-refractivity contribution is 0.0977. The molecule has 11 heteroatoms. The van der Waals surface area contributed by atoms with Crippen LogP contribution in [0.15, 0.2) is 77.7 Å². The number of nitrogens with one attached hydrogen (secondary N) is 3. The molecule has 0 saturated carbocycles. The highest BCUT2D eigenvalue weighted by molar-refractivity contribution is 7.92. The van der Waals surface area contributed by atoms with Gasteiger partial charge in [-0.3, -0.25) is 14.8 Å². The molecule has 0 aliphatic carbocycles. The molecule has 1 amide bonds. The minimum Gasteiger partial charge on any atom is -0.497 e. The van der Waals surface area contributed by atoms with Crippen LogP contribution in [-0.2, 0) is 14.8 Å². The Morgan fingerprint density at radius 1 is 0.861 bits per heavy atom. The number of sulfonamides is 1. The summed E-state index contributed by atoms with van der Waals surface area (Å²) in [6.07, 6.45) is 0. The Morgan fingerprint density at radius 3 is 2.08 bits per heavy atom. The second-order valence-corrected chi connectivity index (χ2v) is 9.43. The second kappa shape index (κ2) is 12.9. The molecule has 0 atom stereocenters. The third-order valence-electron chi connectivity index (χ3n) is 4.81. The number of methoxy groups -OCH3 is 1. The topological polar surface area (TPSA) is 115 Å².